The van der Waals surface area contributed by atoms with Crippen LogP contribution in [0.4, 0.5) is 0 Å². The third kappa shape index (κ3) is 6.85. The van der Waals surface area contributed by atoms with E-state index in [1.54, 1.807) is 26.4 Å². The number of imide groups is 1. The normalized spacial score (nSPS) is 25.0. The maximum atomic E-state index is 13.5. The van der Waals surface area contributed by atoms with E-state index in [0.29, 0.717) is 23.7 Å². The van der Waals surface area contributed by atoms with Crippen molar-refractivity contribution >= 4 is 34.7 Å². The van der Waals surface area contributed by atoms with E-state index in [0.717, 1.165) is 37.2 Å². The molecule has 2 aromatic carbocycles. The quantitative estimate of drug-likeness (QED) is 0.260. The van der Waals surface area contributed by atoms with Gasteiger partial charge >= 0.3 is 11.9 Å². The molecule has 2 amide bonds. The van der Waals surface area contributed by atoms with E-state index < -0.39 is 24.1 Å². The molecule has 272 valence electrons. The molecular formula is C37H43N3O11. The first kappa shape index (κ1) is 35.7. The number of hydrogen-bond acceptors (Lipinski definition) is 12. The zero-order valence-corrected chi connectivity index (χ0v) is 29.5. The van der Waals surface area contributed by atoms with Crippen molar-refractivity contribution in [3.8, 4) is 23.0 Å². The van der Waals surface area contributed by atoms with Crippen LogP contribution < -0.4 is 24.3 Å². The van der Waals surface area contributed by atoms with Crippen LogP contribution in [-0.4, -0.2) is 102 Å². The van der Waals surface area contributed by atoms with E-state index in [1.807, 2.05) is 17.4 Å². The molecule has 0 spiro atoms. The zero-order chi connectivity index (χ0) is 36.4. The number of nitrogens with zero attached hydrogens (tertiary/aromatic N) is 1. The van der Waals surface area contributed by atoms with Crippen LogP contribution in [0.5, 0.6) is 23.0 Å². The topological polar surface area (TPSA) is 164 Å². The van der Waals surface area contributed by atoms with E-state index in [-0.39, 0.29) is 41.2 Å². The van der Waals surface area contributed by atoms with Gasteiger partial charge in [-0.05, 0) is 60.9 Å². The van der Waals surface area contributed by atoms with Gasteiger partial charge in [0.1, 0.15) is 18.0 Å². The summed E-state index contributed by atoms with van der Waals surface area (Å²) in [5.41, 5.74) is 3.83. The second-order valence-electron chi connectivity index (χ2n) is 12.9. The number of benzene rings is 2. The zero-order valence-electron chi connectivity index (χ0n) is 29.5. The molecule has 0 bridgehead atoms. The van der Waals surface area contributed by atoms with Crippen LogP contribution in [0.15, 0.2) is 42.5 Å². The second-order valence-corrected chi connectivity index (χ2v) is 12.9. The van der Waals surface area contributed by atoms with Crippen molar-refractivity contribution in [1.82, 2.24) is 15.2 Å². The number of aromatic nitrogens is 1. The van der Waals surface area contributed by atoms with Crippen LogP contribution in [0, 0.1) is 17.8 Å². The average molecular weight is 706 g/mol. The van der Waals surface area contributed by atoms with E-state index in [1.165, 1.54) is 57.2 Å². The molecule has 1 saturated heterocycles. The maximum Gasteiger partial charge on any atom is 0.338 e. The molecule has 0 unspecified atom stereocenters. The van der Waals surface area contributed by atoms with Gasteiger partial charge < -0.3 is 38.1 Å². The molecule has 3 aromatic rings. The summed E-state index contributed by atoms with van der Waals surface area (Å²) < 4.78 is 39.1. The van der Waals surface area contributed by atoms with Crippen molar-refractivity contribution in [2.24, 2.45) is 17.8 Å². The highest BCUT2D eigenvalue weighted by atomic mass is 16.6. The van der Waals surface area contributed by atoms with Gasteiger partial charge in [0.15, 0.2) is 11.5 Å². The Bertz CT molecular complexity index is 1810. The summed E-state index contributed by atoms with van der Waals surface area (Å²) in [5.74, 6) is -0.217. The minimum absolute atomic E-state index is 0.0170. The van der Waals surface area contributed by atoms with E-state index in [2.05, 4.69) is 16.0 Å². The Labute approximate surface area is 295 Å². The molecule has 4 aliphatic rings. The standard InChI is InChI=1S/C33H40N2O9.C4H3NO2/c1-38-19-7-8-20-21-9-10-35-16-18-13-27(44-32(36)17-11-25(39-2)30(41-4)26(12-17)40-3)31(42-5)28(33(37)43-6)22(18)15-24(35)29(21)34-23(20)14-19;6-3-1-2-4(7)5-3/h7-8,11-12,14,18,22,24,27-28,31,34H,9-10,13,15-16H2,1-6H3;1-2H,(H,5,6,7)/t18-,22+,24-,27-,28+,31+;/m1./s1. The van der Waals surface area contributed by atoms with Crippen LogP contribution in [0.2, 0.25) is 0 Å². The smallest absolute Gasteiger partial charge is 0.338 e. The molecule has 1 aromatic heterocycles. The first-order chi connectivity index (χ1) is 24.6. The predicted octanol–water partition coefficient (Wildman–Crippen LogP) is 3.37. The van der Waals surface area contributed by atoms with Crippen LogP contribution in [0.3, 0.4) is 0 Å². The molecule has 2 N–H and O–H groups in total. The fraction of sp³-hybridized carbons (Fsp3) is 0.459. The number of piperidine rings is 1. The Morgan fingerprint density at radius 3 is 2.14 bits per heavy atom. The Kier molecular flexibility index (Phi) is 10.5. The van der Waals surface area contributed by atoms with Gasteiger partial charge in [-0.3, -0.25) is 24.6 Å². The van der Waals surface area contributed by atoms with Gasteiger partial charge in [-0.25, -0.2) is 4.79 Å². The highest BCUT2D eigenvalue weighted by Crippen LogP contribution is 2.51. The van der Waals surface area contributed by atoms with Gasteiger partial charge in [-0.1, -0.05) is 0 Å². The number of hydrogen-bond donors (Lipinski definition) is 2. The summed E-state index contributed by atoms with van der Waals surface area (Å²) in [6.07, 6.45) is 3.31. The fourth-order valence-corrected chi connectivity index (χ4v) is 8.12. The lowest BCUT2D eigenvalue weighted by Crippen LogP contribution is -2.58. The highest BCUT2D eigenvalue weighted by Gasteiger charge is 2.54. The molecule has 3 aliphatic heterocycles. The molecular weight excluding hydrogens is 662 g/mol. The number of fused-ring (bicyclic) bond motifs is 6. The number of nitrogens with one attached hydrogen (secondary N) is 2. The van der Waals surface area contributed by atoms with Crippen molar-refractivity contribution in [2.45, 2.75) is 37.5 Å². The number of esters is 2. The van der Waals surface area contributed by atoms with Crippen molar-refractivity contribution in [3.63, 3.8) is 0 Å². The van der Waals surface area contributed by atoms with Crippen molar-refractivity contribution in [1.29, 1.82) is 0 Å². The van der Waals surface area contributed by atoms with Crippen LogP contribution in [0.25, 0.3) is 10.9 Å². The molecule has 4 heterocycles. The molecule has 51 heavy (non-hydrogen) atoms. The Morgan fingerprint density at radius 2 is 1.57 bits per heavy atom. The Balaban J connectivity index is 0.000000573. The van der Waals surface area contributed by atoms with Gasteiger partial charge in [-0.2, -0.15) is 0 Å². The molecule has 2 fully saturated rings. The van der Waals surface area contributed by atoms with E-state index in [4.69, 9.17) is 33.2 Å². The minimum Gasteiger partial charge on any atom is -0.497 e. The Morgan fingerprint density at radius 1 is 0.863 bits per heavy atom. The summed E-state index contributed by atoms with van der Waals surface area (Å²) in [7, 11) is 9.10. The number of ether oxygens (including phenoxy) is 7. The number of amides is 2. The number of methoxy groups -OCH3 is 6. The lowest BCUT2D eigenvalue weighted by Gasteiger charge is -2.52. The van der Waals surface area contributed by atoms with Crippen molar-refractivity contribution < 1.29 is 52.3 Å². The van der Waals surface area contributed by atoms with Gasteiger partial charge in [0.05, 0.1) is 53.1 Å². The van der Waals surface area contributed by atoms with Crippen molar-refractivity contribution in [3.05, 3.63) is 59.3 Å². The average Bonchev–Trinajstić information content (AvgIpc) is 3.73. The summed E-state index contributed by atoms with van der Waals surface area (Å²) in [6.45, 7) is 1.68. The second kappa shape index (κ2) is 15.0. The lowest BCUT2D eigenvalue weighted by atomic mass is 9.63. The predicted molar refractivity (Wildman–Crippen MR) is 183 cm³/mol. The molecule has 1 aliphatic carbocycles. The summed E-state index contributed by atoms with van der Waals surface area (Å²) in [6, 6.07) is 9.40. The highest BCUT2D eigenvalue weighted by molar-refractivity contribution is 6.12. The van der Waals surface area contributed by atoms with E-state index >= 15 is 0 Å². The number of H-pyrrole nitrogens is 1. The third-order valence-corrected chi connectivity index (χ3v) is 10.4. The van der Waals surface area contributed by atoms with Crippen molar-refractivity contribution in [2.75, 3.05) is 55.7 Å². The van der Waals surface area contributed by atoms with Crippen LogP contribution in [0.1, 0.15) is 40.5 Å². The minimum atomic E-state index is -0.670. The molecule has 14 heteroatoms. The monoisotopic (exact) mass is 705 g/mol. The molecule has 6 atom stereocenters. The summed E-state index contributed by atoms with van der Waals surface area (Å²) in [5, 5.41) is 3.24. The van der Waals surface area contributed by atoms with Crippen LogP contribution in [-0.2, 0) is 35.0 Å². The first-order valence-electron chi connectivity index (χ1n) is 16.7. The molecule has 14 nitrogen and oxygen atoms in total. The number of aromatic amines is 1. The molecule has 1 saturated carbocycles. The number of carbonyl (C=O) groups excluding carboxylic acids is 4. The third-order valence-electron chi connectivity index (χ3n) is 10.4. The largest absolute Gasteiger partial charge is 0.497 e. The number of carbonyl (C=O) groups is 4. The fourth-order valence-electron chi connectivity index (χ4n) is 8.12. The molecule has 7 rings (SSSR count). The lowest BCUT2D eigenvalue weighted by molar-refractivity contribution is -0.176. The van der Waals surface area contributed by atoms with Gasteiger partial charge in [0.2, 0.25) is 5.75 Å². The van der Waals surface area contributed by atoms with Gasteiger partial charge in [0.25, 0.3) is 11.8 Å². The van der Waals surface area contributed by atoms with Gasteiger partial charge in [-0.15, -0.1) is 0 Å². The van der Waals surface area contributed by atoms with Gasteiger partial charge in [0, 0.05) is 55.0 Å². The SMILES string of the molecule is COC(=O)[C@H]1[C@H]2C[C@@H]3c4[nH]c5cc(OC)ccc5c4CCN3C[C@H]2C[C@@H](OC(=O)c2cc(OC)c(OC)c(OC)c2)[C@@H]1OC.O=C1C=CC(=O)N1. The van der Waals surface area contributed by atoms with E-state index in [9.17, 15) is 19.2 Å². The summed E-state index contributed by atoms with van der Waals surface area (Å²) >= 11 is 0. The summed E-state index contributed by atoms with van der Waals surface area (Å²) in [4.78, 5) is 53.2. The number of rotatable bonds is 8. The maximum absolute atomic E-state index is 13.5. The Hall–Kier alpha value is -5.08. The first-order valence-corrected chi connectivity index (χ1v) is 16.7. The van der Waals surface area contributed by atoms with Crippen LogP contribution >= 0.6 is 0 Å². The molecule has 0 radical (unpaired) electrons.